The summed E-state index contributed by atoms with van der Waals surface area (Å²) in [5, 5.41) is 10.0. The van der Waals surface area contributed by atoms with E-state index < -0.39 is 17.9 Å². The molecule has 9 nitrogen and oxygen atoms in total. The maximum absolute atomic E-state index is 12.0. The first-order chi connectivity index (χ1) is 15.3. The Balaban J connectivity index is 1.59. The van der Waals surface area contributed by atoms with Crippen LogP contribution in [0.5, 0.6) is 0 Å². The van der Waals surface area contributed by atoms with Crippen LogP contribution in [0.25, 0.3) is 11.4 Å². The molecule has 1 aromatic heterocycles. The Bertz CT molecular complexity index is 1110. The predicted octanol–water partition coefficient (Wildman–Crippen LogP) is 0.270. The standard InChI is InChI=1S/C23H25N5O4/c1-3-27(2)22(31)18(29)8-7-15-5-4-6-16(9-15)21-25-17(20(24)30)10-19(26-21)28-11-23(12-28)13-32-14-23/h4-6,9-10,18,29H,3,11-14H2,1-2H3,(H2,24,30). The second-order valence-electron chi connectivity index (χ2n) is 8.25. The highest BCUT2D eigenvalue weighted by molar-refractivity contribution is 5.92. The molecule has 1 atom stereocenters. The summed E-state index contributed by atoms with van der Waals surface area (Å²) < 4.78 is 5.32. The Morgan fingerprint density at radius 3 is 2.69 bits per heavy atom. The number of anilines is 1. The molecule has 32 heavy (non-hydrogen) atoms. The van der Waals surface area contributed by atoms with Crippen LogP contribution in [0.2, 0.25) is 0 Å². The summed E-state index contributed by atoms with van der Waals surface area (Å²) >= 11 is 0. The molecule has 1 aromatic carbocycles. The number of aliphatic hydroxyl groups is 1. The minimum absolute atomic E-state index is 0.135. The van der Waals surface area contributed by atoms with Crippen molar-refractivity contribution in [3.05, 3.63) is 41.6 Å². The number of ether oxygens (including phenoxy) is 1. The van der Waals surface area contributed by atoms with Crippen molar-refractivity contribution in [3.8, 4) is 23.2 Å². The fraction of sp³-hybridized carbons (Fsp3) is 0.391. The second-order valence-corrected chi connectivity index (χ2v) is 8.25. The fourth-order valence-corrected chi connectivity index (χ4v) is 3.66. The number of hydrogen-bond donors (Lipinski definition) is 2. The third kappa shape index (κ3) is 4.28. The molecule has 3 N–H and O–H groups in total. The van der Waals surface area contributed by atoms with Crippen LogP contribution in [0.3, 0.4) is 0 Å². The van der Waals surface area contributed by atoms with Crippen LogP contribution in [0.4, 0.5) is 5.82 Å². The van der Waals surface area contributed by atoms with Gasteiger partial charge in [-0.25, -0.2) is 9.97 Å². The highest BCUT2D eigenvalue weighted by Gasteiger charge is 2.49. The van der Waals surface area contributed by atoms with Crippen molar-refractivity contribution in [2.75, 3.05) is 44.8 Å². The minimum atomic E-state index is -1.40. The summed E-state index contributed by atoms with van der Waals surface area (Å²) in [6.07, 6.45) is -1.40. The number of hydrogen-bond acceptors (Lipinski definition) is 7. The van der Waals surface area contributed by atoms with Gasteiger partial charge < -0.3 is 25.4 Å². The summed E-state index contributed by atoms with van der Waals surface area (Å²) in [6.45, 7) is 5.40. The average Bonchev–Trinajstić information content (AvgIpc) is 2.74. The van der Waals surface area contributed by atoms with E-state index in [1.54, 1.807) is 37.4 Å². The molecule has 9 heteroatoms. The van der Waals surface area contributed by atoms with Gasteiger partial charge in [-0.05, 0) is 19.1 Å². The average molecular weight is 435 g/mol. The van der Waals surface area contributed by atoms with Gasteiger partial charge in [0.05, 0.1) is 18.6 Å². The molecular formula is C23H25N5O4. The van der Waals surface area contributed by atoms with Crippen molar-refractivity contribution in [2.45, 2.75) is 13.0 Å². The smallest absolute Gasteiger partial charge is 0.267 e. The lowest BCUT2D eigenvalue weighted by molar-refractivity contribution is -0.135. The van der Waals surface area contributed by atoms with Gasteiger partial charge in [0.1, 0.15) is 11.5 Å². The van der Waals surface area contributed by atoms with Gasteiger partial charge in [-0.3, -0.25) is 9.59 Å². The molecule has 0 aliphatic carbocycles. The van der Waals surface area contributed by atoms with Crippen LogP contribution in [0, 0.1) is 17.3 Å². The number of amides is 2. The molecule has 2 aromatic rings. The number of nitrogens with two attached hydrogens (primary N) is 1. The molecule has 0 saturated carbocycles. The predicted molar refractivity (Wildman–Crippen MR) is 118 cm³/mol. The Morgan fingerprint density at radius 1 is 1.31 bits per heavy atom. The van der Waals surface area contributed by atoms with Crippen LogP contribution in [0.15, 0.2) is 30.3 Å². The number of nitrogens with zero attached hydrogens (tertiary/aromatic N) is 4. The Labute approximate surface area is 186 Å². The van der Waals surface area contributed by atoms with E-state index in [1.807, 2.05) is 6.92 Å². The number of carbonyl (C=O) groups excluding carboxylic acids is 2. The van der Waals surface area contributed by atoms with Crippen LogP contribution < -0.4 is 10.6 Å². The Hall–Kier alpha value is -3.48. The third-order valence-electron chi connectivity index (χ3n) is 5.72. The zero-order valence-corrected chi connectivity index (χ0v) is 18.0. The van der Waals surface area contributed by atoms with Gasteiger partial charge in [0.25, 0.3) is 11.8 Å². The van der Waals surface area contributed by atoms with Crippen LogP contribution >= 0.6 is 0 Å². The number of carbonyl (C=O) groups is 2. The molecule has 2 saturated heterocycles. The van der Waals surface area contributed by atoms with Crippen LogP contribution in [0.1, 0.15) is 23.0 Å². The molecule has 1 spiro atoms. The zero-order chi connectivity index (χ0) is 22.9. The first-order valence-electron chi connectivity index (χ1n) is 10.4. The first kappa shape index (κ1) is 21.7. The number of primary amides is 1. The summed E-state index contributed by atoms with van der Waals surface area (Å²) in [5.41, 5.74) is 7.06. The van der Waals surface area contributed by atoms with Crippen LogP contribution in [-0.4, -0.2) is 77.8 Å². The number of likely N-dealkylation sites (N-methyl/N-ethyl adjacent to an activating group) is 1. The van der Waals surface area contributed by atoms with Gasteiger partial charge in [-0.1, -0.05) is 24.0 Å². The molecule has 0 radical (unpaired) electrons. The topological polar surface area (TPSA) is 122 Å². The van der Waals surface area contributed by atoms with E-state index in [0.717, 1.165) is 26.3 Å². The van der Waals surface area contributed by atoms with Gasteiger partial charge >= 0.3 is 0 Å². The molecule has 2 fully saturated rings. The van der Waals surface area contributed by atoms with E-state index in [-0.39, 0.29) is 11.1 Å². The lowest BCUT2D eigenvalue weighted by Crippen LogP contribution is -2.66. The van der Waals surface area contributed by atoms with Gasteiger partial charge in [0, 0.05) is 43.9 Å². The number of aliphatic hydroxyl groups excluding tert-OH is 1. The quantitative estimate of drug-likeness (QED) is 0.647. The largest absolute Gasteiger partial charge is 0.380 e. The summed E-state index contributed by atoms with van der Waals surface area (Å²) in [4.78, 5) is 36.3. The molecule has 2 aliphatic heterocycles. The third-order valence-corrected chi connectivity index (χ3v) is 5.72. The molecule has 1 unspecified atom stereocenters. The van der Waals surface area contributed by atoms with Crippen molar-refractivity contribution in [3.63, 3.8) is 0 Å². The zero-order valence-electron chi connectivity index (χ0n) is 18.0. The number of benzene rings is 1. The van der Waals surface area contributed by atoms with Crippen molar-refractivity contribution >= 4 is 17.6 Å². The first-order valence-corrected chi connectivity index (χ1v) is 10.4. The van der Waals surface area contributed by atoms with E-state index in [4.69, 9.17) is 10.5 Å². The molecule has 2 aliphatic rings. The molecule has 3 heterocycles. The Morgan fingerprint density at radius 2 is 2.06 bits per heavy atom. The van der Waals surface area contributed by atoms with E-state index in [2.05, 4.69) is 26.7 Å². The van der Waals surface area contributed by atoms with Gasteiger partial charge in [-0.2, -0.15) is 0 Å². The van der Waals surface area contributed by atoms with Gasteiger partial charge in [-0.15, -0.1) is 0 Å². The SMILES string of the molecule is CCN(C)C(=O)C(O)C#Cc1cccc(-c2nc(C(N)=O)cc(N3CC4(COC4)C3)n2)c1. The van der Waals surface area contributed by atoms with Crippen molar-refractivity contribution in [1.29, 1.82) is 0 Å². The molecule has 4 rings (SSSR count). The summed E-state index contributed by atoms with van der Waals surface area (Å²) in [7, 11) is 1.60. The van der Waals surface area contributed by atoms with Gasteiger partial charge in [0.15, 0.2) is 11.9 Å². The maximum atomic E-state index is 12.0. The lowest BCUT2D eigenvalue weighted by Gasteiger charge is -2.55. The van der Waals surface area contributed by atoms with Crippen molar-refractivity contribution < 1.29 is 19.4 Å². The fourth-order valence-electron chi connectivity index (χ4n) is 3.66. The summed E-state index contributed by atoms with van der Waals surface area (Å²) in [6, 6.07) is 8.68. The van der Waals surface area contributed by atoms with E-state index >= 15 is 0 Å². The molecular weight excluding hydrogens is 410 g/mol. The molecule has 2 amide bonds. The van der Waals surface area contributed by atoms with E-state index in [9.17, 15) is 14.7 Å². The highest BCUT2D eigenvalue weighted by atomic mass is 16.5. The number of aromatic nitrogens is 2. The number of rotatable bonds is 5. The minimum Gasteiger partial charge on any atom is -0.380 e. The van der Waals surface area contributed by atoms with E-state index in [0.29, 0.717) is 29.3 Å². The van der Waals surface area contributed by atoms with Crippen molar-refractivity contribution in [1.82, 2.24) is 14.9 Å². The molecule has 166 valence electrons. The monoisotopic (exact) mass is 435 g/mol. The second kappa shape index (κ2) is 8.57. The van der Waals surface area contributed by atoms with Gasteiger partial charge in [0.2, 0.25) is 0 Å². The van der Waals surface area contributed by atoms with E-state index in [1.165, 1.54) is 4.90 Å². The maximum Gasteiger partial charge on any atom is 0.267 e. The van der Waals surface area contributed by atoms with Crippen LogP contribution in [-0.2, 0) is 9.53 Å². The highest BCUT2D eigenvalue weighted by Crippen LogP contribution is 2.40. The lowest BCUT2D eigenvalue weighted by atomic mass is 9.78. The molecule has 0 bridgehead atoms. The normalized spacial score (nSPS) is 16.9. The summed E-state index contributed by atoms with van der Waals surface area (Å²) in [5.74, 6) is 5.30. The Kier molecular flexibility index (Phi) is 5.82. The van der Waals surface area contributed by atoms with Crippen molar-refractivity contribution in [2.24, 2.45) is 11.1 Å².